The Bertz CT molecular complexity index is 1040. The fraction of sp³-hybridized carbons (Fsp3) is 0.500. The highest BCUT2D eigenvalue weighted by atomic mass is 19.1. The molecule has 1 saturated heterocycles. The van der Waals surface area contributed by atoms with E-state index in [1.165, 1.54) is 25.7 Å². The molecule has 1 aromatic carbocycles. The molecule has 3 aromatic rings. The van der Waals surface area contributed by atoms with E-state index in [0.717, 1.165) is 55.2 Å². The summed E-state index contributed by atoms with van der Waals surface area (Å²) in [5.41, 5.74) is 1.74. The molecule has 0 bridgehead atoms. The number of aryl methyl sites for hydroxylation is 1. The second-order valence-corrected chi connectivity index (χ2v) is 8.86. The third-order valence-corrected chi connectivity index (χ3v) is 6.77. The van der Waals surface area contributed by atoms with Crippen molar-refractivity contribution in [3.63, 3.8) is 0 Å². The van der Waals surface area contributed by atoms with Crippen molar-refractivity contribution in [3.05, 3.63) is 42.6 Å². The lowest BCUT2D eigenvalue weighted by molar-refractivity contribution is 0.00539. The summed E-state index contributed by atoms with van der Waals surface area (Å²) in [7, 11) is 1.86. The highest BCUT2D eigenvalue weighted by molar-refractivity contribution is 5.88. The summed E-state index contributed by atoms with van der Waals surface area (Å²) >= 11 is 0. The zero-order chi connectivity index (χ0) is 21.2. The smallest absolute Gasteiger partial charge is 0.133 e. The Balaban J connectivity index is 1.22. The standard InChI is InChI=1S/C24H30FN5O/c1-29-16-20(14-28-29)18-10-19-12-24(27-15-22(19)23(25)11-18)26-13-17-2-4-21(5-3-17)30-6-8-31-9-7-30/h10-12,14-17,21H,2-9,13H2,1H3,(H,26,27). The number of hydrogen-bond acceptors (Lipinski definition) is 5. The van der Waals surface area contributed by atoms with Crippen LogP contribution >= 0.6 is 0 Å². The second kappa shape index (κ2) is 8.93. The van der Waals surface area contributed by atoms with Crippen molar-refractivity contribution in [2.75, 3.05) is 38.2 Å². The average molecular weight is 424 g/mol. The number of halogens is 1. The second-order valence-electron chi connectivity index (χ2n) is 8.86. The van der Waals surface area contributed by atoms with Gasteiger partial charge in [0.15, 0.2) is 0 Å². The molecular formula is C24H30FN5O. The van der Waals surface area contributed by atoms with Gasteiger partial charge in [-0.3, -0.25) is 9.58 Å². The minimum absolute atomic E-state index is 0.253. The van der Waals surface area contributed by atoms with Crippen LogP contribution in [0.1, 0.15) is 25.7 Å². The van der Waals surface area contributed by atoms with E-state index in [-0.39, 0.29) is 5.82 Å². The van der Waals surface area contributed by atoms with Crippen LogP contribution < -0.4 is 5.32 Å². The maximum Gasteiger partial charge on any atom is 0.133 e. The van der Waals surface area contributed by atoms with Gasteiger partial charge in [0.25, 0.3) is 0 Å². The molecule has 6 nitrogen and oxygen atoms in total. The molecule has 1 aliphatic carbocycles. The number of pyridine rings is 1. The van der Waals surface area contributed by atoms with Crippen molar-refractivity contribution in [1.29, 1.82) is 0 Å². The van der Waals surface area contributed by atoms with Gasteiger partial charge < -0.3 is 10.1 Å². The van der Waals surface area contributed by atoms with Crippen LogP contribution in [0.5, 0.6) is 0 Å². The quantitative estimate of drug-likeness (QED) is 0.670. The van der Waals surface area contributed by atoms with E-state index in [1.807, 2.05) is 25.4 Å². The van der Waals surface area contributed by atoms with E-state index in [1.54, 1.807) is 23.1 Å². The number of anilines is 1. The highest BCUT2D eigenvalue weighted by Crippen LogP contribution is 2.30. The molecule has 7 heteroatoms. The number of rotatable bonds is 5. The number of hydrogen-bond donors (Lipinski definition) is 1. The fourth-order valence-electron chi connectivity index (χ4n) is 4.95. The van der Waals surface area contributed by atoms with Crippen LogP contribution in [0.3, 0.4) is 0 Å². The van der Waals surface area contributed by atoms with E-state index < -0.39 is 0 Å². The van der Waals surface area contributed by atoms with Crippen LogP contribution in [0.15, 0.2) is 36.8 Å². The minimum atomic E-state index is -0.253. The molecule has 2 fully saturated rings. The Labute approximate surface area is 182 Å². The Hall–Kier alpha value is -2.51. The Kier molecular flexibility index (Phi) is 5.87. The maximum atomic E-state index is 14.6. The van der Waals surface area contributed by atoms with Crippen LogP contribution in [0, 0.1) is 11.7 Å². The van der Waals surface area contributed by atoms with E-state index in [9.17, 15) is 4.39 Å². The van der Waals surface area contributed by atoms with E-state index in [0.29, 0.717) is 17.3 Å². The summed E-state index contributed by atoms with van der Waals surface area (Å²) < 4.78 is 21.8. The zero-order valence-electron chi connectivity index (χ0n) is 18.1. The molecule has 0 amide bonds. The molecule has 1 N–H and O–H groups in total. The van der Waals surface area contributed by atoms with Gasteiger partial charge in [-0.2, -0.15) is 5.10 Å². The topological polar surface area (TPSA) is 55.2 Å². The van der Waals surface area contributed by atoms with Gasteiger partial charge in [0.05, 0.1) is 19.4 Å². The number of nitrogens with one attached hydrogen (secondary N) is 1. The normalized spacial score (nSPS) is 22.6. The van der Waals surface area contributed by atoms with Gasteiger partial charge in [-0.15, -0.1) is 0 Å². The minimum Gasteiger partial charge on any atom is -0.379 e. The van der Waals surface area contributed by atoms with Crippen LogP contribution in [0.2, 0.25) is 0 Å². The van der Waals surface area contributed by atoms with Gasteiger partial charge >= 0.3 is 0 Å². The molecule has 1 saturated carbocycles. The highest BCUT2D eigenvalue weighted by Gasteiger charge is 2.26. The van der Waals surface area contributed by atoms with Crippen molar-refractivity contribution in [2.24, 2.45) is 13.0 Å². The molecule has 2 aromatic heterocycles. The summed E-state index contributed by atoms with van der Waals surface area (Å²) in [6.45, 7) is 4.81. The molecule has 31 heavy (non-hydrogen) atoms. The van der Waals surface area contributed by atoms with Gasteiger partial charge in [-0.05, 0) is 60.7 Å². The van der Waals surface area contributed by atoms with Gasteiger partial charge in [0, 0.05) is 56.1 Å². The summed E-state index contributed by atoms with van der Waals surface area (Å²) in [5, 5.41) is 9.10. The molecule has 3 heterocycles. The number of aromatic nitrogens is 3. The van der Waals surface area contributed by atoms with Crippen LogP contribution in [0.4, 0.5) is 10.2 Å². The first kappa shape index (κ1) is 20.4. The lowest BCUT2D eigenvalue weighted by Gasteiger charge is -2.38. The first-order valence-electron chi connectivity index (χ1n) is 11.3. The van der Waals surface area contributed by atoms with Crippen LogP contribution in [0.25, 0.3) is 21.9 Å². The van der Waals surface area contributed by atoms with Crippen LogP contribution in [-0.4, -0.2) is 58.6 Å². The maximum absolute atomic E-state index is 14.6. The van der Waals surface area contributed by atoms with Crippen molar-refractivity contribution < 1.29 is 9.13 Å². The molecule has 1 aliphatic heterocycles. The first-order chi connectivity index (χ1) is 15.2. The van der Waals surface area contributed by atoms with Gasteiger partial charge in [-0.1, -0.05) is 0 Å². The largest absolute Gasteiger partial charge is 0.379 e. The predicted octanol–water partition coefficient (Wildman–Crippen LogP) is 4.08. The lowest BCUT2D eigenvalue weighted by Crippen LogP contribution is -2.45. The van der Waals surface area contributed by atoms with Gasteiger partial charge in [0.2, 0.25) is 0 Å². The van der Waals surface area contributed by atoms with E-state index in [2.05, 4.69) is 20.3 Å². The van der Waals surface area contributed by atoms with Crippen molar-refractivity contribution in [2.45, 2.75) is 31.7 Å². The molecule has 0 spiro atoms. The number of nitrogens with zero attached hydrogens (tertiary/aromatic N) is 4. The number of benzene rings is 1. The summed E-state index contributed by atoms with van der Waals surface area (Å²) in [6.07, 6.45) is 10.3. The Morgan fingerprint density at radius 3 is 2.61 bits per heavy atom. The lowest BCUT2D eigenvalue weighted by atomic mass is 9.85. The third-order valence-electron chi connectivity index (χ3n) is 6.77. The number of fused-ring (bicyclic) bond motifs is 1. The zero-order valence-corrected chi connectivity index (χ0v) is 18.1. The Morgan fingerprint density at radius 2 is 1.87 bits per heavy atom. The summed E-state index contributed by atoms with van der Waals surface area (Å²) in [4.78, 5) is 7.06. The van der Waals surface area contributed by atoms with Crippen molar-refractivity contribution >= 4 is 16.6 Å². The molecule has 2 aliphatic rings. The molecule has 5 rings (SSSR count). The molecular weight excluding hydrogens is 393 g/mol. The van der Waals surface area contributed by atoms with Gasteiger partial charge in [-0.25, -0.2) is 9.37 Å². The number of ether oxygens (including phenoxy) is 1. The fourth-order valence-corrected chi connectivity index (χ4v) is 4.95. The third kappa shape index (κ3) is 4.57. The molecule has 0 unspecified atom stereocenters. The van der Waals surface area contributed by atoms with Crippen LogP contribution in [-0.2, 0) is 11.8 Å². The molecule has 0 radical (unpaired) electrons. The van der Waals surface area contributed by atoms with Crippen molar-refractivity contribution in [1.82, 2.24) is 19.7 Å². The molecule has 0 atom stereocenters. The predicted molar refractivity (Wildman–Crippen MR) is 121 cm³/mol. The monoisotopic (exact) mass is 423 g/mol. The SMILES string of the molecule is Cn1cc(-c2cc(F)c3cnc(NCC4CCC(N5CCOCC5)CC4)cc3c2)cn1. The van der Waals surface area contributed by atoms with E-state index >= 15 is 0 Å². The van der Waals surface area contributed by atoms with E-state index in [4.69, 9.17) is 4.74 Å². The van der Waals surface area contributed by atoms with Gasteiger partial charge in [0.1, 0.15) is 11.6 Å². The Morgan fingerprint density at radius 1 is 1.06 bits per heavy atom. The summed E-state index contributed by atoms with van der Waals surface area (Å²) in [6, 6.07) is 6.24. The van der Waals surface area contributed by atoms with Crippen molar-refractivity contribution in [3.8, 4) is 11.1 Å². The molecule has 164 valence electrons. The summed E-state index contributed by atoms with van der Waals surface area (Å²) in [5.74, 6) is 1.22. The number of morpholine rings is 1. The first-order valence-corrected chi connectivity index (χ1v) is 11.3. The average Bonchev–Trinajstić information content (AvgIpc) is 3.25.